The molecule has 1 aliphatic rings. The molecule has 3 rings (SSSR count). The third-order valence-corrected chi connectivity index (χ3v) is 7.56. The van der Waals surface area contributed by atoms with E-state index in [0.717, 1.165) is 44.2 Å². The van der Waals surface area contributed by atoms with Crippen molar-refractivity contribution in [1.82, 2.24) is 9.62 Å². The Hall–Kier alpha value is -1.69. The largest absolute Gasteiger partial charge is 0.292 e. The molecule has 5 heteroatoms. The summed E-state index contributed by atoms with van der Waals surface area (Å²) in [7, 11) is -3.53. The molecule has 0 aromatic heterocycles. The van der Waals surface area contributed by atoms with E-state index in [1.807, 2.05) is 25.1 Å². The summed E-state index contributed by atoms with van der Waals surface area (Å²) in [6, 6.07) is 18.0. The van der Waals surface area contributed by atoms with Gasteiger partial charge in [0.2, 0.25) is 10.0 Å². The highest BCUT2D eigenvalue weighted by molar-refractivity contribution is 7.89. The predicted molar refractivity (Wildman–Crippen MR) is 119 cm³/mol. The number of hydrogen-bond acceptors (Lipinski definition) is 3. The van der Waals surface area contributed by atoms with Crippen molar-refractivity contribution in [3.05, 3.63) is 65.7 Å². The Bertz CT molecular complexity index is 866. The number of benzene rings is 2. The molecule has 0 aliphatic heterocycles. The van der Waals surface area contributed by atoms with Gasteiger partial charge in [0, 0.05) is 18.1 Å². The van der Waals surface area contributed by atoms with Crippen molar-refractivity contribution >= 4 is 10.0 Å². The molecule has 0 saturated heterocycles. The fraction of sp³-hybridized carbons (Fsp3) is 0.500. The second-order valence-electron chi connectivity index (χ2n) is 8.22. The summed E-state index contributed by atoms with van der Waals surface area (Å²) in [6.07, 6.45) is 5.17. The van der Waals surface area contributed by atoms with Gasteiger partial charge in [0.05, 0.1) is 4.90 Å². The van der Waals surface area contributed by atoms with Gasteiger partial charge >= 0.3 is 0 Å². The SMILES string of the molecule is CCCN([C@H](C)c1ccccc1)[C@@H]1CCCC[C@H]1NS(=O)(=O)c1ccc(C)cc1. The zero-order chi connectivity index (χ0) is 20.9. The molecular formula is C24H34N2O2S. The standard InChI is InChI=1S/C24H34N2O2S/c1-4-18-26(20(3)21-10-6-5-7-11-21)24-13-9-8-12-23(24)25-29(27,28)22-16-14-19(2)15-17-22/h5-7,10-11,14-17,20,23-25H,4,8-9,12-13,18H2,1-3H3/t20-,23-,24-/m1/s1. The molecule has 0 heterocycles. The van der Waals surface area contributed by atoms with Gasteiger partial charge in [-0.1, -0.05) is 67.8 Å². The molecule has 1 N–H and O–H groups in total. The third-order valence-electron chi connectivity index (χ3n) is 6.05. The molecule has 158 valence electrons. The van der Waals surface area contributed by atoms with Gasteiger partial charge in [0.15, 0.2) is 0 Å². The fourth-order valence-corrected chi connectivity index (χ4v) is 5.76. The Balaban J connectivity index is 1.84. The van der Waals surface area contributed by atoms with Gasteiger partial charge in [-0.3, -0.25) is 4.90 Å². The first-order valence-corrected chi connectivity index (χ1v) is 12.3. The lowest BCUT2D eigenvalue weighted by atomic mass is 9.88. The molecule has 3 atom stereocenters. The lowest BCUT2D eigenvalue weighted by molar-refractivity contribution is 0.0918. The highest BCUT2D eigenvalue weighted by atomic mass is 32.2. The maximum absolute atomic E-state index is 13.0. The van der Waals surface area contributed by atoms with Gasteiger partial charge in [-0.05, 0) is 57.4 Å². The van der Waals surface area contributed by atoms with Crippen molar-refractivity contribution in [3.63, 3.8) is 0 Å². The molecule has 29 heavy (non-hydrogen) atoms. The molecule has 2 aromatic rings. The Morgan fingerprint density at radius 2 is 1.69 bits per heavy atom. The molecule has 4 nitrogen and oxygen atoms in total. The zero-order valence-electron chi connectivity index (χ0n) is 17.8. The summed E-state index contributed by atoms with van der Waals surface area (Å²) in [6.45, 7) is 7.36. The van der Waals surface area contributed by atoms with E-state index in [0.29, 0.717) is 4.90 Å². The maximum Gasteiger partial charge on any atom is 0.240 e. The summed E-state index contributed by atoms with van der Waals surface area (Å²) < 4.78 is 29.2. The fourth-order valence-electron chi connectivity index (χ4n) is 4.46. The van der Waals surface area contributed by atoms with Crippen LogP contribution in [0.5, 0.6) is 0 Å². The smallest absolute Gasteiger partial charge is 0.240 e. The first kappa shape index (κ1) is 22.0. The van der Waals surface area contributed by atoms with Crippen LogP contribution in [0.15, 0.2) is 59.5 Å². The Morgan fingerprint density at radius 1 is 1.03 bits per heavy atom. The number of nitrogens with zero attached hydrogens (tertiary/aromatic N) is 1. The maximum atomic E-state index is 13.0. The topological polar surface area (TPSA) is 49.4 Å². The highest BCUT2D eigenvalue weighted by Crippen LogP contribution is 2.31. The lowest BCUT2D eigenvalue weighted by Gasteiger charge is -2.43. The van der Waals surface area contributed by atoms with E-state index in [9.17, 15) is 8.42 Å². The second-order valence-corrected chi connectivity index (χ2v) is 9.93. The van der Waals surface area contributed by atoms with Crippen LogP contribution in [-0.2, 0) is 10.0 Å². The monoisotopic (exact) mass is 414 g/mol. The van der Waals surface area contributed by atoms with Crippen LogP contribution in [0.3, 0.4) is 0 Å². The van der Waals surface area contributed by atoms with Crippen molar-refractivity contribution in [2.24, 2.45) is 0 Å². The van der Waals surface area contributed by atoms with Crippen molar-refractivity contribution in [1.29, 1.82) is 0 Å². The molecule has 1 saturated carbocycles. The summed E-state index contributed by atoms with van der Waals surface area (Å²) in [5, 5.41) is 0. The zero-order valence-corrected chi connectivity index (χ0v) is 18.7. The summed E-state index contributed by atoms with van der Waals surface area (Å²) in [5.41, 5.74) is 2.34. The number of nitrogens with one attached hydrogen (secondary N) is 1. The molecule has 1 fully saturated rings. The molecular weight excluding hydrogens is 380 g/mol. The van der Waals surface area contributed by atoms with Gasteiger partial charge < -0.3 is 0 Å². The van der Waals surface area contributed by atoms with E-state index in [2.05, 4.69) is 47.7 Å². The van der Waals surface area contributed by atoms with Gasteiger partial charge in [-0.15, -0.1) is 0 Å². The third kappa shape index (κ3) is 5.47. The normalized spacial score (nSPS) is 21.2. The van der Waals surface area contributed by atoms with Crippen LogP contribution in [0.1, 0.15) is 63.1 Å². The van der Waals surface area contributed by atoms with Crippen LogP contribution in [0, 0.1) is 6.92 Å². The Morgan fingerprint density at radius 3 is 2.34 bits per heavy atom. The Labute approximate surface area is 176 Å². The predicted octanol–water partition coefficient (Wildman–Crippen LogP) is 5.06. The average molecular weight is 415 g/mol. The van der Waals surface area contributed by atoms with Gasteiger partial charge in [-0.25, -0.2) is 13.1 Å². The molecule has 0 bridgehead atoms. The molecule has 1 aliphatic carbocycles. The van der Waals surface area contributed by atoms with Gasteiger partial charge in [0.25, 0.3) is 0 Å². The van der Waals surface area contributed by atoms with E-state index in [4.69, 9.17) is 0 Å². The molecule has 2 aromatic carbocycles. The minimum absolute atomic E-state index is 0.0623. The summed E-state index contributed by atoms with van der Waals surface area (Å²) >= 11 is 0. The first-order chi connectivity index (χ1) is 13.9. The van der Waals surface area contributed by atoms with Crippen LogP contribution in [-0.4, -0.2) is 31.9 Å². The van der Waals surface area contributed by atoms with E-state index in [1.165, 1.54) is 5.56 Å². The van der Waals surface area contributed by atoms with E-state index in [1.54, 1.807) is 12.1 Å². The van der Waals surface area contributed by atoms with Crippen LogP contribution in [0.2, 0.25) is 0 Å². The van der Waals surface area contributed by atoms with Crippen LogP contribution >= 0.6 is 0 Å². The van der Waals surface area contributed by atoms with E-state index in [-0.39, 0.29) is 18.1 Å². The van der Waals surface area contributed by atoms with Crippen molar-refractivity contribution in [3.8, 4) is 0 Å². The van der Waals surface area contributed by atoms with E-state index < -0.39 is 10.0 Å². The van der Waals surface area contributed by atoms with Crippen molar-refractivity contribution in [2.45, 2.75) is 75.9 Å². The summed E-state index contributed by atoms with van der Waals surface area (Å²) in [4.78, 5) is 2.86. The van der Waals surface area contributed by atoms with E-state index >= 15 is 0 Å². The van der Waals surface area contributed by atoms with Gasteiger partial charge in [-0.2, -0.15) is 0 Å². The minimum Gasteiger partial charge on any atom is -0.292 e. The Kier molecular flexibility index (Phi) is 7.49. The highest BCUT2D eigenvalue weighted by Gasteiger charge is 2.35. The van der Waals surface area contributed by atoms with Crippen LogP contribution in [0.25, 0.3) is 0 Å². The lowest BCUT2D eigenvalue weighted by Crippen LogP contribution is -2.54. The quantitative estimate of drug-likeness (QED) is 0.657. The van der Waals surface area contributed by atoms with Crippen LogP contribution < -0.4 is 4.72 Å². The average Bonchev–Trinajstić information content (AvgIpc) is 2.73. The molecule has 0 unspecified atom stereocenters. The number of hydrogen-bond donors (Lipinski definition) is 1. The molecule has 0 radical (unpaired) electrons. The molecule has 0 spiro atoms. The van der Waals surface area contributed by atoms with Gasteiger partial charge in [0.1, 0.15) is 0 Å². The number of rotatable bonds is 8. The first-order valence-electron chi connectivity index (χ1n) is 10.8. The van der Waals surface area contributed by atoms with Crippen LogP contribution in [0.4, 0.5) is 0 Å². The second kappa shape index (κ2) is 9.88. The number of aryl methyl sites for hydroxylation is 1. The molecule has 0 amide bonds. The van der Waals surface area contributed by atoms with Crippen molar-refractivity contribution < 1.29 is 8.42 Å². The number of sulfonamides is 1. The van der Waals surface area contributed by atoms with Crippen molar-refractivity contribution in [2.75, 3.05) is 6.54 Å². The minimum atomic E-state index is -3.53. The summed E-state index contributed by atoms with van der Waals surface area (Å²) in [5.74, 6) is 0.